The maximum Gasteiger partial charge on any atom is 0.255 e. The topological polar surface area (TPSA) is 102 Å². The van der Waals surface area contributed by atoms with Gasteiger partial charge in [0.15, 0.2) is 5.82 Å². The van der Waals surface area contributed by atoms with Gasteiger partial charge < -0.3 is 5.73 Å². The molecule has 8 heteroatoms. The molecule has 0 bridgehead atoms. The first-order valence-electron chi connectivity index (χ1n) is 10.8. The van der Waals surface area contributed by atoms with Gasteiger partial charge in [-0.2, -0.15) is 0 Å². The van der Waals surface area contributed by atoms with Crippen LogP contribution in [0.5, 0.6) is 0 Å². The summed E-state index contributed by atoms with van der Waals surface area (Å²) in [5.74, 6) is 1.02. The van der Waals surface area contributed by atoms with E-state index in [2.05, 4.69) is 34.5 Å². The molecule has 2 aromatic carbocycles. The monoisotopic (exact) mass is 441 g/mol. The van der Waals surface area contributed by atoms with Crippen LogP contribution >= 0.6 is 0 Å². The molecule has 4 rings (SSSR count). The van der Waals surface area contributed by atoms with Crippen molar-refractivity contribution in [1.82, 2.24) is 24.9 Å². The Morgan fingerprint density at radius 2 is 1.85 bits per heavy atom. The average molecular weight is 442 g/mol. The molecule has 2 aromatic heterocycles. The molecule has 2 heterocycles. The molecule has 0 aliphatic carbocycles. The summed E-state index contributed by atoms with van der Waals surface area (Å²) in [6, 6.07) is 21.2. The number of nitrogens with two attached hydrogens (primary N) is 1. The van der Waals surface area contributed by atoms with Crippen LogP contribution < -0.4 is 21.7 Å². The first kappa shape index (κ1) is 22.3. The van der Waals surface area contributed by atoms with Crippen LogP contribution in [-0.4, -0.2) is 25.6 Å². The van der Waals surface area contributed by atoms with Crippen LogP contribution in [0.4, 0.5) is 11.8 Å². The fourth-order valence-corrected chi connectivity index (χ4v) is 3.63. The Bertz CT molecular complexity index is 1260. The lowest BCUT2D eigenvalue weighted by Gasteiger charge is -2.28. The van der Waals surface area contributed by atoms with Crippen molar-refractivity contribution in [2.45, 2.75) is 25.9 Å². The predicted octanol–water partition coefficient (Wildman–Crippen LogP) is 2.97. The van der Waals surface area contributed by atoms with Crippen molar-refractivity contribution in [2.75, 3.05) is 5.01 Å². The Morgan fingerprint density at radius 3 is 2.58 bits per heavy atom. The third-order valence-corrected chi connectivity index (χ3v) is 5.29. The smallest absolute Gasteiger partial charge is 0.255 e. The molecule has 3 N–H and O–H groups in total. The van der Waals surface area contributed by atoms with Gasteiger partial charge in [-0.05, 0) is 24.5 Å². The first-order chi connectivity index (χ1) is 16.0. The van der Waals surface area contributed by atoms with Gasteiger partial charge in [-0.3, -0.25) is 9.36 Å². The molecule has 0 amide bonds. The number of anilines is 2. The third-order valence-electron chi connectivity index (χ3n) is 5.29. The van der Waals surface area contributed by atoms with E-state index in [0.717, 1.165) is 17.5 Å². The van der Waals surface area contributed by atoms with Gasteiger partial charge in [0, 0.05) is 43.5 Å². The normalized spacial score (nSPS) is 11.8. The summed E-state index contributed by atoms with van der Waals surface area (Å²) in [5.41, 5.74) is 12.8. The lowest BCUT2D eigenvalue weighted by atomic mass is 10.0. The molecule has 0 aliphatic rings. The molecule has 4 aromatic rings. The number of nitrogens with zero attached hydrogens (tertiary/aromatic N) is 5. The van der Waals surface area contributed by atoms with E-state index in [9.17, 15) is 4.79 Å². The SMILES string of the molecule is CC(Cc1cccc(CN)c1)NN(c1ccncn1)c1nc(-c2ccccc2)cc(=O)n1C. The molecule has 1 unspecified atom stereocenters. The van der Waals surface area contributed by atoms with E-state index in [1.807, 2.05) is 42.5 Å². The predicted molar refractivity (Wildman–Crippen MR) is 130 cm³/mol. The first-order valence-corrected chi connectivity index (χ1v) is 10.8. The van der Waals surface area contributed by atoms with Crippen molar-refractivity contribution < 1.29 is 0 Å². The van der Waals surface area contributed by atoms with Crippen molar-refractivity contribution in [1.29, 1.82) is 0 Å². The standard InChI is InChI=1S/C25H27N7O/c1-18(13-19-7-6-8-20(14-19)16-26)30-32(23-11-12-27-17-28-23)25-29-22(15-24(33)31(25)2)21-9-4-3-5-10-21/h3-12,14-15,17-18,30H,13,16,26H2,1-2H3. The average Bonchev–Trinajstić information content (AvgIpc) is 2.85. The molecule has 0 saturated carbocycles. The number of aromatic nitrogens is 4. The van der Waals surface area contributed by atoms with E-state index in [4.69, 9.17) is 10.7 Å². The van der Waals surface area contributed by atoms with Crippen LogP contribution in [0.2, 0.25) is 0 Å². The van der Waals surface area contributed by atoms with Gasteiger partial charge in [0.05, 0.1) is 5.69 Å². The molecular formula is C25H27N7O. The molecule has 0 aliphatic heterocycles. The van der Waals surface area contributed by atoms with E-state index in [1.54, 1.807) is 30.4 Å². The van der Waals surface area contributed by atoms with Crippen LogP contribution in [-0.2, 0) is 20.0 Å². The second kappa shape index (κ2) is 10.2. The van der Waals surface area contributed by atoms with Gasteiger partial charge in [-0.1, -0.05) is 54.6 Å². The summed E-state index contributed by atoms with van der Waals surface area (Å²) in [6.07, 6.45) is 3.88. The van der Waals surface area contributed by atoms with Crippen molar-refractivity contribution in [3.8, 4) is 11.3 Å². The molecular weight excluding hydrogens is 414 g/mol. The molecule has 0 saturated heterocycles. The van der Waals surface area contributed by atoms with Crippen LogP contribution in [0.25, 0.3) is 11.3 Å². The van der Waals surface area contributed by atoms with Gasteiger partial charge >= 0.3 is 0 Å². The van der Waals surface area contributed by atoms with Gasteiger partial charge in [-0.15, -0.1) is 0 Å². The Labute approximate surface area is 192 Å². The number of hydrogen-bond acceptors (Lipinski definition) is 7. The molecule has 0 spiro atoms. The quantitative estimate of drug-likeness (QED) is 0.405. The summed E-state index contributed by atoms with van der Waals surface area (Å²) < 4.78 is 1.50. The lowest BCUT2D eigenvalue weighted by molar-refractivity contribution is 0.535. The van der Waals surface area contributed by atoms with Crippen LogP contribution in [0.1, 0.15) is 18.1 Å². The molecule has 8 nitrogen and oxygen atoms in total. The minimum atomic E-state index is -0.164. The molecule has 33 heavy (non-hydrogen) atoms. The molecule has 0 radical (unpaired) electrons. The fraction of sp³-hybridized carbons (Fsp3) is 0.200. The highest BCUT2D eigenvalue weighted by Crippen LogP contribution is 2.22. The highest BCUT2D eigenvalue weighted by Gasteiger charge is 2.20. The Morgan fingerprint density at radius 1 is 1.06 bits per heavy atom. The van der Waals surface area contributed by atoms with E-state index >= 15 is 0 Å². The van der Waals surface area contributed by atoms with Crippen molar-refractivity contribution >= 4 is 11.8 Å². The molecule has 168 valence electrons. The van der Waals surface area contributed by atoms with E-state index in [1.165, 1.54) is 16.5 Å². The van der Waals surface area contributed by atoms with Crippen LogP contribution in [0.15, 0.2) is 84.0 Å². The Hall–Kier alpha value is -3.88. The van der Waals surface area contributed by atoms with Crippen molar-refractivity contribution in [2.24, 2.45) is 12.8 Å². The number of rotatable bonds is 8. The number of hydrogen-bond donors (Lipinski definition) is 2. The van der Waals surface area contributed by atoms with Crippen molar-refractivity contribution in [3.05, 3.63) is 101 Å². The van der Waals surface area contributed by atoms with Gasteiger partial charge in [-0.25, -0.2) is 25.4 Å². The summed E-state index contributed by atoms with van der Waals surface area (Å²) in [5, 5.41) is 1.74. The maximum absolute atomic E-state index is 12.8. The zero-order valence-corrected chi connectivity index (χ0v) is 18.7. The van der Waals surface area contributed by atoms with Crippen molar-refractivity contribution in [3.63, 3.8) is 0 Å². The Kier molecular flexibility index (Phi) is 6.87. The fourth-order valence-electron chi connectivity index (χ4n) is 3.63. The third kappa shape index (κ3) is 5.31. The maximum atomic E-state index is 12.8. The van der Waals surface area contributed by atoms with Crippen LogP contribution in [0, 0.1) is 0 Å². The second-order valence-electron chi connectivity index (χ2n) is 7.87. The second-order valence-corrected chi connectivity index (χ2v) is 7.87. The zero-order valence-electron chi connectivity index (χ0n) is 18.7. The van der Waals surface area contributed by atoms with Gasteiger partial charge in [0.25, 0.3) is 5.56 Å². The summed E-state index contributed by atoms with van der Waals surface area (Å²) in [6.45, 7) is 2.57. The zero-order chi connectivity index (χ0) is 23.2. The van der Waals surface area contributed by atoms with Gasteiger partial charge in [0.1, 0.15) is 6.33 Å². The van der Waals surface area contributed by atoms with E-state index < -0.39 is 0 Å². The van der Waals surface area contributed by atoms with Gasteiger partial charge in [0.2, 0.25) is 5.95 Å². The summed E-state index contributed by atoms with van der Waals surface area (Å²) in [7, 11) is 1.70. The van der Waals surface area contributed by atoms with E-state index in [-0.39, 0.29) is 11.6 Å². The van der Waals surface area contributed by atoms with Crippen LogP contribution in [0.3, 0.4) is 0 Å². The largest absolute Gasteiger partial charge is 0.326 e. The highest BCUT2D eigenvalue weighted by atomic mass is 16.1. The lowest BCUT2D eigenvalue weighted by Crippen LogP contribution is -2.44. The summed E-state index contributed by atoms with van der Waals surface area (Å²) in [4.78, 5) is 26.1. The molecule has 0 fully saturated rings. The van der Waals surface area contributed by atoms with E-state index in [0.29, 0.717) is 24.0 Å². The highest BCUT2D eigenvalue weighted by molar-refractivity contribution is 5.61. The number of nitrogens with one attached hydrogen (secondary N) is 1. The summed E-state index contributed by atoms with van der Waals surface area (Å²) >= 11 is 0. The number of benzene rings is 2. The minimum absolute atomic E-state index is 0.00488. The molecule has 1 atom stereocenters. The Balaban J connectivity index is 1.71. The minimum Gasteiger partial charge on any atom is -0.326 e. The number of hydrazine groups is 1.